The van der Waals surface area contributed by atoms with Crippen LogP contribution >= 0.6 is 11.9 Å². The molecule has 7 heteroatoms. The van der Waals surface area contributed by atoms with Crippen LogP contribution in [-0.2, 0) is 4.74 Å². The third-order valence-electron chi connectivity index (χ3n) is 4.48. The van der Waals surface area contributed by atoms with E-state index in [9.17, 15) is 9.18 Å². The van der Waals surface area contributed by atoms with Gasteiger partial charge in [0.25, 0.3) is 0 Å². The summed E-state index contributed by atoms with van der Waals surface area (Å²) in [5.41, 5.74) is 2.44. The van der Waals surface area contributed by atoms with Crippen LogP contribution in [0.25, 0.3) is 6.08 Å². The molecule has 0 bridgehead atoms. The van der Waals surface area contributed by atoms with Gasteiger partial charge in [-0.25, -0.2) is 9.18 Å². The summed E-state index contributed by atoms with van der Waals surface area (Å²) in [6.45, 7) is 0.287. The van der Waals surface area contributed by atoms with E-state index in [1.54, 1.807) is 53.8 Å². The van der Waals surface area contributed by atoms with Crippen molar-refractivity contribution in [3.8, 4) is 0 Å². The zero-order valence-electron chi connectivity index (χ0n) is 15.4. The number of anilines is 1. The number of aromatic nitrogens is 1. The molecule has 1 N–H and O–H groups in total. The van der Waals surface area contributed by atoms with Crippen LogP contribution in [0.4, 0.5) is 14.9 Å². The number of pyridine rings is 1. The molecule has 2 heterocycles. The molecule has 146 valence electrons. The van der Waals surface area contributed by atoms with Crippen molar-refractivity contribution in [2.75, 3.05) is 11.5 Å². The first kappa shape index (κ1) is 19.0. The number of carbonyl (C=O) groups is 1. The number of benzene rings is 2. The predicted molar refractivity (Wildman–Crippen MR) is 112 cm³/mol. The second-order valence-corrected chi connectivity index (χ2v) is 7.17. The number of nitrogens with one attached hydrogen (secondary N) is 1. The predicted octanol–water partition coefficient (Wildman–Crippen LogP) is 5.19. The maximum absolute atomic E-state index is 13.7. The highest BCUT2D eigenvalue weighted by Gasteiger charge is 2.36. The average Bonchev–Trinajstić information content (AvgIpc) is 3.14. The Morgan fingerprint density at radius 3 is 2.76 bits per heavy atom. The summed E-state index contributed by atoms with van der Waals surface area (Å²) in [6.07, 6.45) is 6.41. The number of hydrogen-bond donors (Lipinski definition) is 1. The van der Waals surface area contributed by atoms with Gasteiger partial charge in [0, 0.05) is 24.2 Å². The van der Waals surface area contributed by atoms with E-state index in [-0.39, 0.29) is 18.5 Å². The minimum Gasteiger partial charge on any atom is -0.447 e. The Morgan fingerprint density at radius 1 is 1.14 bits per heavy atom. The molecule has 1 fully saturated rings. The summed E-state index contributed by atoms with van der Waals surface area (Å²) in [5, 5.41) is 0. The van der Waals surface area contributed by atoms with E-state index in [0.717, 1.165) is 23.1 Å². The second kappa shape index (κ2) is 8.79. The van der Waals surface area contributed by atoms with E-state index in [4.69, 9.17) is 4.74 Å². The lowest BCUT2D eigenvalue weighted by atomic mass is 10.1. The lowest BCUT2D eigenvalue weighted by Gasteiger charge is -2.23. The smallest absolute Gasteiger partial charge is 0.415 e. The van der Waals surface area contributed by atoms with Gasteiger partial charge in [0.1, 0.15) is 12.4 Å². The highest BCUT2D eigenvalue weighted by molar-refractivity contribution is 7.97. The van der Waals surface area contributed by atoms with Crippen LogP contribution in [0.3, 0.4) is 0 Å². The maximum Gasteiger partial charge on any atom is 0.415 e. The summed E-state index contributed by atoms with van der Waals surface area (Å²) in [7, 11) is 0. The van der Waals surface area contributed by atoms with E-state index in [0.29, 0.717) is 10.6 Å². The molecule has 0 saturated carbocycles. The fraction of sp³-hybridized carbons (Fsp3) is 0.0909. The summed E-state index contributed by atoms with van der Waals surface area (Å²) < 4.78 is 22.0. The number of rotatable bonds is 6. The lowest BCUT2D eigenvalue weighted by molar-refractivity contribution is 0.179. The molecule has 4 rings (SSSR count). The fourth-order valence-electron chi connectivity index (χ4n) is 3.10. The molecule has 1 aliphatic heterocycles. The first-order chi connectivity index (χ1) is 14.2. The van der Waals surface area contributed by atoms with E-state index < -0.39 is 6.09 Å². The summed E-state index contributed by atoms with van der Waals surface area (Å²) >= 11 is 1.16. The zero-order valence-corrected chi connectivity index (χ0v) is 16.2. The van der Waals surface area contributed by atoms with Crippen LogP contribution in [0.1, 0.15) is 17.2 Å². The third kappa shape index (κ3) is 4.25. The van der Waals surface area contributed by atoms with Gasteiger partial charge < -0.3 is 9.46 Å². The molecule has 0 spiro atoms. The minimum atomic E-state index is -0.395. The minimum absolute atomic E-state index is 0.209. The highest BCUT2D eigenvalue weighted by Crippen LogP contribution is 2.35. The first-order valence-electron chi connectivity index (χ1n) is 9.02. The molecule has 5 nitrogen and oxygen atoms in total. The Bertz CT molecular complexity index is 1030. The van der Waals surface area contributed by atoms with Gasteiger partial charge in [0.2, 0.25) is 0 Å². The van der Waals surface area contributed by atoms with Gasteiger partial charge in [0.15, 0.2) is 0 Å². The summed E-state index contributed by atoms with van der Waals surface area (Å²) in [6, 6.07) is 17.9. The average molecular weight is 407 g/mol. The molecule has 1 aromatic heterocycles. The number of cyclic esters (lactones) is 1. The number of nitrogens with zero attached hydrogens (tertiary/aromatic N) is 2. The van der Waals surface area contributed by atoms with Gasteiger partial charge in [-0.05, 0) is 41.8 Å². The van der Waals surface area contributed by atoms with E-state index in [2.05, 4.69) is 9.71 Å². The van der Waals surface area contributed by atoms with Gasteiger partial charge in [-0.1, -0.05) is 42.5 Å². The molecule has 1 saturated heterocycles. The van der Waals surface area contributed by atoms with E-state index in [1.807, 2.05) is 30.3 Å². The third-order valence-corrected chi connectivity index (χ3v) is 5.29. The Hall–Kier alpha value is -3.32. The van der Waals surface area contributed by atoms with Crippen molar-refractivity contribution in [3.63, 3.8) is 0 Å². The van der Waals surface area contributed by atoms with Crippen molar-refractivity contribution < 1.29 is 13.9 Å². The number of amides is 1. The molecule has 0 aliphatic carbocycles. The molecule has 3 aromatic rings. The summed E-state index contributed by atoms with van der Waals surface area (Å²) in [5.74, 6) is -0.286. The standard InChI is InChI=1S/C22H18FN3O2S/c23-18-8-4-5-9-21(18)29-25-13-10-17-14-24-12-11-19(17)26-20(15-28-22(26)27)16-6-2-1-3-7-16/h1-14,20,25H,15H2/b13-10+/t20-/m0/s1. The number of carbonyl (C=O) groups excluding carboxylic acids is 1. The Balaban J connectivity index is 1.54. The number of hydrogen-bond acceptors (Lipinski definition) is 5. The molecule has 1 atom stereocenters. The molecule has 29 heavy (non-hydrogen) atoms. The van der Waals surface area contributed by atoms with Crippen LogP contribution in [0, 0.1) is 5.82 Å². The van der Waals surface area contributed by atoms with Crippen molar-refractivity contribution in [3.05, 3.63) is 96.2 Å². The van der Waals surface area contributed by atoms with Crippen molar-refractivity contribution in [2.45, 2.75) is 10.9 Å². The fourth-order valence-corrected chi connectivity index (χ4v) is 3.68. The molecular weight excluding hydrogens is 389 g/mol. The quantitative estimate of drug-likeness (QED) is 0.570. The van der Waals surface area contributed by atoms with Gasteiger partial charge in [-0.15, -0.1) is 0 Å². The van der Waals surface area contributed by atoms with Gasteiger partial charge in [-0.2, -0.15) is 0 Å². The monoisotopic (exact) mass is 407 g/mol. The molecule has 0 radical (unpaired) electrons. The maximum atomic E-state index is 13.7. The summed E-state index contributed by atoms with van der Waals surface area (Å²) in [4.78, 5) is 18.8. The van der Waals surface area contributed by atoms with Crippen molar-refractivity contribution in [1.82, 2.24) is 9.71 Å². The zero-order chi connectivity index (χ0) is 20.1. The topological polar surface area (TPSA) is 54.5 Å². The first-order valence-corrected chi connectivity index (χ1v) is 9.84. The van der Waals surface area contributed by atoms with Gasteiger partial charge in [0.05, 0.1) is 16.6 Å². The lowest BCUT2D eigenvalue weighted by Crippen LogP contribution is -2.28. The Kier molecular flexibility index (Phi) is 5.76. The van der Waals surface area contributed by atoms with Crippen LogP contribution in [0.2, 0.25) is 0 Å². The van der Waals surface area contributed by atoms with Crippen LogP contribution in [-0.4, -0.2) is 17.7 Å². The molecule has 0 unspecified atom stereocenters. The van der Waals surface area contributed by atoms with E-state index >= 15 is 0 Å². The Morgan fingerprint density at radius 2 is 1.93 bits per heavy atom. The molecule has 1 amide bonds. The van der Waals surface area contributed by atoms with Crippen LogP contribution in [0.15, 0.2) is 84.2 Å². The van der Waals surface area contributed by atoms with Gasteiger partial charge in [-0.3, -0.25) is 9.88 Å². The van der Waals surface area contributed by atoms with Crippen molar-refractivity contribution >= 4 is 29.8 Å². The largest absolute Gasteiger partial charge is 0.447 e. The number of ether oxygens (including phenoxy) is 1. The molecular formula is C22H18FN3O2S. The van der Waals surface area contributed by atoms with Crippen LogP contribution in [0.5, 0.6) is 0 Å². The number of halogens is 1. The van der Waals surface area contributed by atoms with Crippen molar-refractivity contribution in [1.29, 1.82) is 0 Å². The highest BCUT2D eigenvalue weighted by atomic mass is 32.2. The molecule has 1 aliphatic rings. The normalized spacial score (nSPS) is 16.2. The Labute approximate surface area is 172 Å². The van der Waals surface area contributed by atoms with Crippen LogP contribution < -0.4 is 9.62 Å². The second-order valence-electron chi connectivity index (χ2n) is 6.29. The van der Waals surface area contributed by atoms with Gasteiger partial charge >= 0.3 is 6.09 Å². The van der Waals surface area contributed by atoms with E-state index in [1.165, 1.54) is 6.07 Å². The van der Waals surface area contributed by atoms with Crippen molar-refractivity contribution in [2.24, 2.45) is 0 Å². The SMILES string of the molecule is O=C1OC[C@@H](c2ccccc2)N1c1ccncc1/C=C/NSc1ccccc1F. The molecule has 2 aromatic carbocycles.